The van der Waals surface area contributed by atoms with Gasteiger partial charge in [0.1, 0.15) is 11.7 Å². The second-order valence-corrected chi connectivity index (χ2v) is 6.85. The van der Waals surface area contributed by atoms with Crippen molar-refractivity contribution in [1.29, 1.82) is 0 Å². The largest absolute Gasteiger partial charge is 0.352 e. The summed E-state index contributed by atoms with van der Waals surface area (Å²) in [6.45, 7) is 0.509. The minimum atomic E-state index is -0.388. The number of aromatic nitrogens is 1. The Morgan fingerprint density at radius 3 is 2.62 bits per heavy atom. The summed E-state index contributed by atoms with van der Waals surface area (Å²) in [5, 5.41) is 3.79. The third-order valence-corrected chi connectivity index (χ3v) is 5.31. The highest BCUT2D eigenvalue weighted by Gasteiger charge is 2.45. The van der Waals surface area contributed by atoms with Gasteiger partial charge in [0.15, 0.2) is 0 Å². The van der Waals surface area contributed by atoms with Gasteiger partial charge in [-0.2, -0.15) is 0 Å². The molecule has 124 valence electrons. The van der Waals surface area contributed by atoms with Crippen LogP contribution in [0.2, 0.25) is 10.0 Å². The van der Waals surface area contributed by atoms with Crippen LogP contribution >= 0.6 is 23.2 Å². The normalized spacial score (nSPS) is 22.6. The van der Waals surface area contributed by atoms with Gasteiger partial charge in [0.2, 0.25) is 5.91 Å². The maximum atomic E-state index is 13.1. The molecule has 0 spiro atoms. The number of fused-ring (bicyclic) bond motifs is 2. The van der Waals surface area contributed by atoms with E-state index in [-0.39, 0.29) is 23.9 Å². The van der Waals surface area contributed by atoms with Gasteiger partial charge < -0.3 is 14.8 Å². The summed E-state index contributed by atoms with van der Waals surface area (Å²) in [5.41, 5.74) is 1.03. The van der Waals surface area contributed by atoms with Crippen LogP contribution < -0.4 is 5.32 Å². The Morgan fingerprint density at radius 1 is 1.12 bits per heavy atom. The molecule has 2 aliphatic heterocycles. The third kappa shape index (κ3) is 2.31. The van der Waals surface area contributed by atoms with Gasteiger partial charge in [0.25, 0.3) is 5.91 Å². The molecule has 1 N–H and O–H groups in total. The summed E-state index contributed by atoms with van der Waals surface area (Å²) in [7, 11) is 0. The molecule has 2 bridgehead atoms. The monoisotopic (exact) mass is 363 g/mol. The van der Waals surface area contributed by atoms with Crippen molar-refractivity contribution in [2.45, 2.75) is 24.9 Å². The fraction of sp³-hybridized carbons (Fsp3) is 0.294. The minimum absolute atomic E-state index is 0.0465. The van der Waals surface area contributed by atoms with Gasteiger partial charge in [-0.1, -0.05) is 29.3 Å². The number of amides is 2. The van der Waals surface area contributed by atoms with Gasteiger partial charge in [0.05, 0.1) is 21.8 Å². The zero-order valence-electron chi connectivity index (χ0n) is 12.7. The van der Waals surface area contributed by atoms with Crippen LogP contribution in [-0.4, -0.2) is 39.9 Å². The lowest BCUT2D eigenvalue weighted by Crippen LogP contribution is -2.57. The molecule has 2 atom stereocenters. The second-order valence-electron chi connectivity index (χ2n) is 6.04. The van der Waals surface area contributed by atoms with Crippen LogP contribution in [0.4, 0.5) is 0 Å². The fourth-order valence-corrected chi connectivity index (χ4v) is 4.17. The average molecular weight is 364 g/mol. The Bertz CT molecular complexity index is 813. The van der Waals surface area contributed by atoms with E-state index in [0.29, 0.717) is 34.4 Å². The highest BCUT2D eigenvalue weighted by atomic mass is 35.5. The molecule has 1 aromatic heterocycles. The predicted molar refractivity (Wildman–Crippen MR) is 91.8 cm³/mol. The van der Waals surface area contributed by atoms with Crippen molar-refractivity contribution in [3.05, 3.63) is 52.3 Å². The number of halogens is 2. The molecule has 2 unspecified atom stereocenters. The maximum Gasteiger partial charge on any atom is 0.271 e. The number of rotatable bonds is 2. The average Bonchev–Trinajstić information content (AvgIpc) is 3.15. The first-order valence-electron chi connectivity index (χ1n) is 7.80. The van der Waals surface area contributed by atoms with E-state index in [1.165, 1.54) is 0 Å². The van der Waals surface area contributed by atoms with E-state index in [1.54, 1.807) is 46.0 Å². The number of carbonyl (C=O) groups is 2. The first kappa shape index (κ1) is 15.5. The molecule has 0 aliphatic carbocycles. The SMILES string of the molecule is O=C1NCC2CCC1N2C(=O)c1cccn1-c1c(Cl)cccc1Cl. The molecule has 2 saturated heterocycles. The highest BCUT2D eigenvalue weighted by Crippen LogP contribution is 2.33. The van der Waals surface area contributed by atoms with E-state index in [0.717, 1.165) is 6.42 Å². The Labute approximate surface area is 149 Å². The Hall–Kier alpha value is -1.98. The summed E-state index contributed by atoms with van der Waals surface area (Å²) in [6.07, 6.45) is 3.30. The Balaban J connectivity index is 1.76. The van der Waals surface area contributed by atoms with Crippen molar-refractivity contribution < 1.29 is 9.59 Å². The summed E-state index contributed by atoms with van der Waals surface area (Å²) in [4.78, 5) is 26.9. The zero-order chi connectivity index (χ0) is 16.8. The van der Waals surface area contributed by atoms with Crippen LogP contribution in [0.25, 0.3) is 5.69 Å². The summed E-state index contributed by atoms with van der Waals surface area (Å²) in [5.74, 6) is -0.246. The zero-order valence-corrected chi connectivity index (χ0v) is 14.2. The topological polar surface area (TPSA) is 54.3 Å². The third-order valence-electron chi connectivity index (χ3n) is 4.70. The number of hydrogen-bond acceptors (Lipinski definition) is 2. The predicted octanol–water partition coefficient (Wildman–Crippen LogP) is 2.89. The minimum Gasteiger partial charge on any atom is -0.352 e. The number of nitrogens with one attached hydrogen (secondary N) is 1. The van der Waals surface area contributed by atoms with Crippen LogP contribution in [0.15, 0.2) is 36.5 Å². The summed E-state index contributed by atoms with van der Waals surface area (Å²) in [6, 6.07) is 8.39. The van der Waals surface area contributed by atoms with Crippen LogP contribution in [0.5, 0.6) is 0 Å². The Morgan fingerprint density at radius 2 is 1.88 bits per heavy atom. The molecule has 5 nitrogen and oxygen atoms in total. The highest BCUT2D eigenvalue weighted by molar-refractivity contribution is 6.37. The van der Waals surface area contributed by atoms with E-state index >= 15 is 0 Å². The first-order valence-corrected chi connectivity index (χ1v) is 8.55. The number of carbonyl (C=O) groups excluding carboxylic acids is 2. The smallest absolute Gasteiger partial charge is 0.271 e. The van der Waals surface area contributed by atoms with Crippen molar-refractivity contribution in [2.24, 2.45) is 0 Å². The first-order chi connectivity index (χ1) is 11.6. The molecule has 4 rings (SSSR count). The summed E-state index contributed by atoms with van der Waals surface area (Å²) >= 11 is 12.6. The molecule has 24 heavy (non-hydrogen) atoms. The van der Waals surface area contributed by atoms with E-state index in [9.17, 15) is 9.59 Å². The van der Waals surface area contributed by atoms with E-state index < -0.39 is 0 Å². The molecule has 3 heterocycles. The van der Waals surface area contributed by atoms with Gasteiger partial charge in [-0.15, -0.1) is 0 Å². The lowest BCUT2D eigenvalue weighted by molar-refractivity contribution is -0.127. The van der Waals surface area contributed by atoms with Crippen molar-refractivity contribution >= 4 is 35.0 Å². The van der Waals surface area contributed by atoms with Gasteiger partial charge in [-0.3, -0.25) is 9.59 Å². The lowest BCUT2D eigenvalue weighted by atomic mass is 10.2. The Kier molecular flexibility index (Phi) is 3.77. The van der Waals surface area contributed by atoms with Gasteiger partial charge in [-0.05, 0) is 37.1 Å². The molecule has 0 saturated carbocycles. The maximum absolute atomic E-state index is 13.1. The van der Waals surface area contributed by atoms with Crippen molar-refractivity contribution in [2.75, 3.05) is 6.54 Å². The summed E-state index contributed by atoms with van der Waals surface area (Å²) < 4.78 is 1.69. The quantitative estimate of drug-likeness (QED) is 0.891. The molecular formula is C17H15Cl2N3O2. The van der Waals surface area contributed by atoms with Gasteiger partial charge in [-0.25, -0.2) is 0 Å². The molecule has 0 radical (unpaired) electrons. The van der Waals surface area contributed by atoms with Crippen molar-refractivity contribution in [1.82, 2.24) is 14.8 Å². The molecule has 1 aromatic carbocycles. The molecule has 7 heteroatoms. The van der Waals surface area contributed by atoms with Gasteiger partial charge >= 0.3 is 0 Å². The number of hydrogen-bond donors (Lipinski definition) is 1. The van der Waals surface area contributed by atoms with Crippen LogP contribution in [0, 0.1) is 0 Å². The van der Waals surface area contributed by atoms with Crippen LogP contribution in [0.3, 0.4) is 0 Å². The van der Waals surface area contributed by atoms with E-state index in [2.05, 4.69) is 5.32 Å². The lowest BCUT2D eigenvalue weighted by Gasteiger charge is -2.34. The number of piperazine rings is 1. The van der Waals surface area contributed by atoms with E-state index in [4.69, 9.17) is 23.2 Å². The molecule has 2 fully saturated rings. The molecular weight excluding hydrogens is 349 g/mol. The molecule has 2 aromatic rings. The molecule has 2 amide bonds. The van der Waals surface area contributed by atoms with E-state index in [1.807, 2.05) is 0 Å². The van der Waals surface area contributed by atoms with Gasteiger partial charge in [0, 0.05) is 12.7 Å². The van der Waals surface area contributed by atoms with Crippen LogP contribution in [0.1, 0.15) is 23.3 Å². The van der Waals surface area contributed by atoms with Crippen molar-refractivity contribution in [3.8, 4) is 5.69 Å². The fourth-order valence-electron chi connectivity index (χ4n) is 3.59. The molecule has 2 aliphatic rings. The number of benzene rings is 1. The number of nitrogens with zero attached hydrogens (tertiary/aromatic N) is 2. The standard InChI is InChI=1S/C17H15Cl2N3O2/c18-11-3-1-4-12(19)15(11)21-8-2-5-14(21)17(24)22-10-6-7-13(22)16(23)20-9-10/h1-5,8,10,13H,6-7,9H2,(H,20,23). The number of para-hydroxylation sites is 1. The van der Waals surface area contributed by atoms with Crippen LogP contribution in [-0.2, 0) is 4.79 Å². The second kappa shape index (κ2) is 5.83. The van der Waals surface area contributed by atoms with Crippen molar-refractivity contribution in [3.63, 3.8) is 0 Å².